The molecule has 1 N–H and O–H groups in total. The maximum atomic E-state index is 12.9. The van der Waals surface area contributed by atoms with E-state index in [1.54, 1.807) is 10.4 Å². The first-order chi connectivity index (χ1) is 10.1. The van der Waals surface area contributed by atoms with Gasteiger partial charge in [0.1, 0.15) is 0 Å². The van der Waals surface area contributed by atoms with Gasteiger partial charge in [-0.1, -0.05) is 38.5 Å². The second-order valence-corrected chi connectivity index (χ2v) is 7.60. The van der Waals surface area contributed by atoms with Crippen molar-refractivity contribution in [1.82, 2.24) is 9.62 Å². The van der Waals surface area contributed by atoms with E-state index in [9.17, 15) is 8.42 Å². The van der Waals surface area contributed by atoms with Crippen molar-refractivity contribution in [1.29, 1.82) is 0 Å². The zero-order valence-corrected chi connectivity index (χ0v) is 13.8. The van der Waals surface area contributed by atoms with Crippen LogP contribution in [0.5, 0.6) is 0 Å². The fraction of sp³-hybridized carbons (Fsp3) is 0.625. The minimum Gasteiger partial charge on any atom is -0.313 e. The van der Waals surface area contributed by atoms with E-state index in [2.05, 4.69) is 12.2 Å². The van der Waals surface area contributed by atoms with Crippen LogP contribution in [-0.2, 0) is 16.6 Å². The highest BCUT2D eigenvalue weighted by atomic mass is 32.2. The average Bonchev–Trinajstić information content (AvgIpc) is 2.95. The van der Waals surface area contributed by atoms with Crippen molar-refractivity contribution in [3.8, 4) is 0 Å². The summed E-state index contributed by atoms with van der Waals surface area (Å²) in [6.07, 6.45) is 3.23. The van der Waals surface area contributed by atoms with Crippen LogP contribution in [0.15, 0.2) is 29.2 Å². The normalized spacial score (nSPS) is 20.0. The molecule has 0 aliphatic carbocycles. The van der Waals surface area contributed by atoms with Gasteiger partial charge in [0.05, 0.1) is 4.90 Å². The van der Waals surface area contributed by atoms with Crippen LogP contribution in [0.3, 0.4) is 0 Å². The highest BCUT2D eigenvalue weighted by molar-refractivity contribution is 7.89. The van der Waals surface area contributed by atoms with Crippen molar-refractivity contribution < 1.29 is 8.42 Å². The topological polar surface area (TPSA) is 49.4 Å². The first kappa shape index (κ1) is 16.5. The third-order valence-electron chi connectivity index (χ3n) is 4.10. The first-order valence-corrected chi connectivity index (χ1v) is 9.32. The van der Waals surface area contributed by atoms with Gasteiger partial charge >= 0.3 is 0 Å². The van der Waals surface area contributed by atoms with Gasteiger partial charge in [0, 0.05) is 19.6 Å². The Morgan fingerprint density at radius 2 is 2.05 bits per heavy atom. The zero-order valence-electron chi connectivity index (χ0n) is 13.0. The molecular formula is C16H26N2O2S. The highest BCUT2D eigenvalue weighted by Gasteiger charge is 2.33. The molecule has 5 heteroatoms. The summed E-state index contributed by atoms with van der Waals surface area (Å²) < 4.78 is 27.4. The number of hydrogen-bond donors (Lipinski definition) is 1. The summed E-state index contributed by atoms with van der Waals surface area (Å²) in [7, 11) is -3.36. The number of rotatable bonds is 7. The van der Waals surface area contributed by atoms with Gasteiger partial charge in [-0.3, -0.25) is 0 Å². The van der Waals surface area contributed by atoms with Crippen LogP contribution in [0.4, 0.5) is 0 Å². The van der Waals surface area contributed by atoms with Crippen molar-refractivity contribution in [3.63, 3.8) is 0 Å². The quantitative estimate of drug-likeness (QED) is 0.842. The van der Waals surface area contributed by atoms with Crippen LogP contribution in [0.2, 0.25) is 0 Å². The lowest BCUT2D eigenvalue weighted by Gasteiger charge is -2.19. The molecule has 4 nitrogen and oxygen atoms in total. The number of nitrogens with one attached hydrogen (secondary N) is 1. The Morgan fingerprint density at radius 1 is 1.29 bits per heavy atom. The monoisotopic (exact) mass is 310 g/mol. The van der Waals surface area contributed by atoms with Crippen LogP contribution in [0, 0.1) is 5.92 Å². The number of hydrogen-bond acceptors (Lipinski definition) is 3. The summed E-state index contributed by atoms with van der Waals surface area (Å²) in [5.41, 5.74) is 0.860. The van der Waals surface area contributed by atoms with E-state index in [-0.39, 0.29) is 0 Å². The smallest absolute Gasteiger partial charge is 0.243 e. The fourth-order valence-electron chi connectivity index (χ4n) is 2.96. The molecule has 0 radical (unpaired) electrons. The van der Waals surface area contributed by atoms with E-state index < -0.39 is 10.0 Å². The molecule has 1 aliphatic heterocycles. The molecule has 1 unspecified atom stereocenters. The molecule has 0 bridgehead atoms. The zero-order chi connectivity index (χ0) is 15.3. The molecule has 0 spiro atoms. The summed E-state index contributed by atoms with van der Waals surface area (Å²) in [5, 5.41) is 3.21. The van der Waals surface area contributed by atoms with E-state index in [0.717, 1.165) is 31.4 Å². The Kier molecular flexibility index (Phi) is 5.79. The Balaban J connectivity index is 2.20. The van der Waals surface area contributed by atoms with Gasteiger partial charge in [-0.2, -0.15) is 4.31 Å². The number of nitrogens with zero attached hydrogens (tertiary/aromatic N) is 1. The van der Waals surface area contributed by atoms with Gasteiger partial charge < -0.3 is 5.32 Å². The molecule has 1 fully saturated rings. The second-order valence-electron chi connectivity index (χ2n) is 5.69. The standard InChI is InChI=1S/C16H26N2O2S/c1-3-7-14-10-11-18(13-14)21(19,20)16-9-6-5-8-15(16)12-17-4-2/h5-6,8-9,14,17H,3-4,7,10-13H2,1-2H3. The third-order valence-corrected chi connectivity index (χ3v) is 6.07. The van der Waals surface area contributed by atoms with Crippen LogP contribution in [0.1, 0.15) is 38.7 Å². The molecule has 1 aromatic rings. The van der Waals surface area contributed by atoms with E-state index in [1.165, 1.54) is 0 Å². The van der Waals surface area contributed by atoms with Gasteiger partial charge in [-0.05, 0) is 36.9 Å². The van der Waals surface area contributed by atoms with Crippen molar-refractivity contribution in [3.05, 3.63) is 29.8 Å². The summed E-state index contributed by atoms with van der Waals surface area (Å²) in [5.74, 6) is 0.519. The fourth-order valence-corrected chi connectivity index (χ4v) is 4.71. The lowest BCUT2D eigenvalue weighted by molar-refractivity contribution is 0.444. The molecular weight excluding hydrogens is 284 g/mol. The lowest BCUT2D eigenvalue weighted by atomic mass is 10.0. The molecule has 0 saturated carbocycles. The predicted molar refractivity (Wildman–Crippen MR) is 85.6 cm³/mol. The van der Waals surface area contributed by atoms with E-state index in [1.807, 2.05) is 25.1 Å². The molecule has 1 atom stereocenters. The van der Waals surface area contributed by atoms with Crippen LogP contribution in [0.25, 0.3) is 0 Å². The minimum absolute atomic E-state index is 0.461. The molecule has 1 aliphatic rings. The number of benzene rings is 1. The molecule has 118 valence electrons. The lowest BCUT2D eigenvalue weighted by Crippen LogP contribution is -2.30. The van der Waals surface area contributed by atoms with Gasteiger partial charge in [-0.25, -0.2) is 8.42 Å². The van der Waals surface area contributed by atoms with Gasteiger partial charge in [0.2, 0.25) is 10.0 Å². The molecule has 21 heavy (non-hydrogen) atoms. The van der Waals surface area contributed by atoms with E-state index in [4.69, 9.17) is 0 Å². The molecule has 2 rings (SSSR count). The maximum absolute atomic E-state index is 12.9. The summed E-state index contributed by atoms with van der Waals surface area (Å²) >= 11 is 0. The molecule has 1 heterocycles. The largest absolute Gasteiger partial charge is 0.313 e. The molecule has 1 saturated heterocycles. The SMILES string of the molecule is CCCC1CCN(S(=O)(=O)c2ccccc2CNCC)C1. The average molecular weight is 310 g/mol. The third kappa shape index (κ3) is 3.84. The van der Waals surface area contributed by atoms with Crippen molar-refractivity contribution in [2.24, 2.45) is 5.92 Å². The van der Waals surface area contributed by atoms with Crippen LogP contribution in [-0.4, -0.2) is 32.4 Å². The van der Waals surface area contributed by atoms with Gasteiger partial charge in [0.15, 0.2) is 0 Å². The first-order valence-electron chi connectivity index (χ1n) is 7.88. The van der Waals surface area contributed by atoms with Crippen LogP contribution >= 0.6 is 0 Å². The summed E-state index contributed by atoms with van der Waals surface area (Å²) in [4.78, 5) is 0.461. The summed E-state index contributed by atoms with van der Waals surface area (Å²) in [6.45, 7) is 6.93. The minimum atomic E-state index is -3.36. The Labute approximate surface area is 128 Å². The van der Waals surface area contributed by atoms with E-state index >= 15 is 0 Å². The molecule has 1 aromatic carbocycles. The van der Waals surface area contributed by atoms with Crippen molar-refractivity contribution in [2.45, 2.75) is 44.6 Å². The van der Waals surface area contributed by atoms with Gasteiger partial charge in [0.25, 0.3) is 0 Å². The van der Waals surface area contributed by atoms with Crippen molar-refractivity contribution in [2.75, 3.05) is 19.6 Å². The molecule has 0 aromatic heterocycles. The Morgan fingerprint density at radius 3 is 2.76 bits per heavy atom. The number of sulfonamides is 1. The molecule has 0 amide bonds. The van der Waals surface area contributed by atoms with Crippen LogP contribution < -0.4 is 5.32 Å². The summed E-state index contributed by atoms with van der Waals surface area (Å²) in [6, 6.07) is 7.34. The Hall–Kier alpha value is -0.910. The Bertz CT molecular complexity index is 557. The highest BCUT2D eigenvalue weighted by Crippen LogP contribution is 2.28. The van der Waals surface area contributed by atoms with Gasteiger partial charge in [-0.15, -0.1) is 0 Å². The van der Waals surface area contributed by atoms with Crippen molar-refractivity contribution >= 4 is 10.0 Å². The predicted octanol–water partition coefficient (Wildman–Crippen LogP) is 2.61. The second kappa shape index (κ2) is 7.38. The maximum Gasteiger partial charge on any atom is 0.243 e. The van der Waals surface area contributed by atoms with E-state index in [0.29, 0.717) is 30.4 Å².